The number of piperidine rings is 1. The van der Waals surface area contributed by atoms with Crippen LogP contribution in [0.2, 0.25) is 0 Å². The Hall–Kier alpha value is -0.280. The van der Waals surface area contributed by atoms with E-state index in [0.717, 1.165) is 5.06 Å². The highest BCUT2D eigenvalue weighted by Crippen LogP contribution is 2.27. The van der Waals surface area contributed by atoms with Gasteiger partial charge in [0.2, 0.25) is 0 Å². The minimum atomic E-state index is -1.57. The Labute approximate surface area is 99.8 Å². The fourth-order valence-corrected chi connectivity index (χ4v) is 1.82. The number of β-amino-alcohol motifs (C(OH)–C–C–N with tert-alkyl or cyclic N) is 1. The molecule has 1 heterocycles. The van der Waals surface area contributed by atoms with Gasteiger partial charge in [0.15, 0.2) is 6.29 Å². The molecule has 5 atom stereocenters. The molecule has 1 fully saturated rings. The number of hydrogen-bond donors (Lipinski definition) is 5. The Morgan fingerprint density at radius 1 is 1.47 bits per heavy atom. The number of nitrogens with zero attached hydrogens (tertiary/aromatic N) is 1. The van der Waals surface area contributed by atoms with Crippen molar-refractivity contribution in [2.24, 2.45) is 0 Å². The Kier molecular flexibility index (Phi) is 4.85. The molecule has 1 saturated heterocycles. The van der Waals surface area contributed by atoms with Crippen LogP contribution >= 0.6 is 0 Å². The molecule has 5 N–H and O–H groups in total. The van der Waals surface area contributed by atoms with Crippen LogP contribution in [0.25, 0.3) is 0 Å². The maximum atomic E-state index is 9.89. The van der Waals surface area contributed by atoms with Crippen LogP contribution in [0.3, 0.4) is 0 Å². The Morgan fingerprint density at radius 2 is 2.06 bits per heavy atom. The molecule has 1 unspecified atom stereocenters. The van der Waals surface area contributed by atoms with Gasteiger partial charge in [0.1, 0.15) is 17.8 Å². The lowest BCUT2D eigenvalue weighted by Crippen LogP contribution is -2.67. The van der Waals surface area contributed by atoms with Gasteiger partial charge in [0.25, 0.3) is 0 Å². The average molecular weight is 251 g/mol. The molecule has 17 heavy (non-hydrogen) atoms. The largest absolute Gasteiger partial charge is 0.395 e. The third-order valence-electron chi connectivity index (χ3n) is 2.99. The first-order chi connectivity index (χ1) is 7.83. The Bertz CT molecular complexity index is 249. The quantitative estimate of drug-likeness (QED) is 0.360. The molecule has 7 nitrogen and oxygen atoms in total. The van der Waals surface area contributed by atoms with E-state index in [1.54, 1.807) is 6.92 Å². The summed E-state index contributed by atoms with van der Waals surface area (Å²) in [7, 11) is 0. The summed E-state index contributed by atoms with van der Waals surface area (Å²) < 4.78 is 0. The van der Waals surface area contributed by atoms with Crippen LogP contribution in [0, 0.1) is 0 Å². The third-order valence-corrected chi connectivity index (χ3v) is 2.99. The first-order valence-corrected chi connectivity index (χ1v) is 5.64. The molecule has 1 rings (SSSR count). The predicted molar refractivity (Wildman–Crippen MR) is 57.6 cm³/mol. The van der Waals surface area contributed by atoms with Crippen molar-refractivity contribution in [1.82, 2.24) is 5.06 Å². The lowest BCUT2D eigenvalue weighted by atomic mass is 9.86. The summed E-state index contributed by atoms with van der Waals surface area (Å²) in [5.41, 5.74) is -1.57. The zero-order chi connectivity index (χ0) is 13.2. The molecule has 0 aromatic rings. The first-order valence-electron chi connectivity index (χ1n) is 5.64. The summed E-state index contributed by atoms with van der Waals surface area (Å²) in [6.45, 7) is 2.48. The number of rotatable bonds is 4. The second kappa shape index (κ2) is 5.57. The van der Waals surface area contributed by atoms with Crippen molar-refractivity contribution in [3.63, 3.8) is 0 Å². The van der Waals surface area contributed by atoms with E-state index >= 15 is 0 Å². The van der Waals surface area contributed by atoms with Crippen molar-refractivity contribution in [3.05, 3.63) is 0 Å². The molecule has 0 bridgehead atoms. The van der Waals surface area contributed by atoms with E-state index in [1.165, 1.54) is 6.92 Å². The van der Waals surface area contributed by atoms with E-state index in [-0.39, 0.29) is 6.54 Å². The van der Waals surface area contributed by atoms with Crippen LogP contribution in [-0.4, -0.2) is 73.9 Å². The fourth-order valence-electron chi connectivity index (χ4n) is 1.82. The van der Waals surface area contributed by atoms with Gasteiger partial charge in [-0.05, 0) is 13.3 Å². The van der Waals surface area contributed by atoms with Crippen LogP contribution in [0.15, 0.2) is 0 Å². The van der Waals surface area contributed by atoms with Crippen molar-refractivity contribution in [1.29, 1.82) is 0 Å². The number of aliphatic hydroxyl groups is 5. The maximum Gasteiger partial charge on any atom is 0.174 e. The highest BCUT2D eigenvalue weighted by molar-refractivity contribution is 4.99. The van der Waals surface area contributed by atoms with Crippen LogP contribution in [0.5, 0.6) is 0 Å². The van der Waals surface area contributed by atoms with Crippen molar-refractivity contribution in [2.45, 2.75) is 50.4 Å². The Balaban J connectivity index is 2.80. The zero-order valence-corrected chi connectivity index (χ0v) is 10.0. The van der Waals surface area contributed by atoms with Crippen LogP contribution in [-0.2, 0) is 4.84 Å². The van der Waals surface area contributed by atoms with E-state index in [1.807, 2.05) is 0 Å². The van der Waals surface area contributed by atoms with Gasteiger partial charge in [-0.15, -0.1) is 0 Å². The number of hydroxylamine groups is 2. The van der Waals surface area contributed by atoms with Gasteiger partial charge in [-0.1, -0.05) is 6.92 Å². The van der Waals surface area contributed by atoms with Gasteiger partial charge < -0.3 is 25.5 Å². The highest BCUT2D eigenvalue weighted by Gasteiger charge is 2.49. The molecular weight excluding hydrogens is 230 g/mol. The average Bonchev–Trinajstić information content (AvgIpc) is 2.26. The van der Waals surface area contributed by atoms with E-state index in [4.69, 9.17) is 9.94 Å². The van der Waals surface area contributed by atoms with Crippen LogP contribution < -0.4 is 0 Å². The summed E-state index contributed by atoms with van der Waals surface area (Å²) in [6.07, 6.45) is -3.48. The van der Waals surface area contributed by atoms with Crippen molar-refractivity contribution < 1.29 is 30.4 Å². The van der Waals surface area contributed by atoms with Crippen molar-refractivity contribution in [3.8, 4) is 0 Å². The summed E-state index contributed by atoms with van der Waals surface area (Å²) in [5.74, 6) is 0. The lowest BCUT2D eigenvalue weighted by molar-refractivity contribution is -0.337. The van der Waals surface area contributed by atoms with E-state index in [2.05, 4.69) is 0 Å². The van der Waals surface area contributed by atoms with Gasteiger partial charge in [0, 0.05) is 0 Å². The molecule has 7 heteroatoms. The van der Waals surface area contributed by atoms with Gasteiger partial charge in [-0.2, -0.15) is 5.06 Å². The standard InChI is InChI=1S/C10H21NO6/c1-3-7(13)17-11-5-10(2,16)9(15)8(14)6(11)4-12/h6-9,12-16H,3-5H2,1-2H3/t6-,7?,8-,9+,10+/m1/s1. The summed E-state index contributed by atoms with van der Waals surface area (Å²) in [5, 5.41) is 48.9. The maximum absolute atomic E-state index is 9.89. The van der Waals surface area contributed by atoms with Gasteiger partial charge in [0.05, 0.1) is 19.2 Å². The SMILES string of the molecule is CCC(O)ON1C[C@](C)(O)[C@@H](O)[C@H](O)[C@H]1CO. The molecule has 0 saturated carbocycles. The third kappa shape index (κ3) is 3.14. The van der Waals surface area contributed by atoms with Gasteiger partial charge in [-0.3, -0.25) is 4.84 Å². The predicted octanol–water partition coefficient (Wildman–Crippen LogP) is -2.20. The van der Waals surface area contributed by atoms with Crippen LogP contribution in [0.4, 0.5) is 0 Å². The van der Waals surface area contributed by atoms with E-state index in [9.17, 15) is 20.4 Å². The highest BCUT2D eigenvalue weighted by atomic mass is 16.8. The molecule has 0 spiro atoms. The molecular formula is C10H21NO6. The van der Waals surface area contributed by atoms with E-state index < -0.39 is 36.7 Å². The monoisotopic (exact) mass is 251 g/mol. The zero-order valence-electron chi connectivity index (χ0n) is 10.0. The van der Waals surface area contributed by atoms with Crippen molar-refractivity contribution >= 4 is 0 Å². The molecule has 0 aromatic carbocycles. The van der Waals surface area contributed by atoms with Crippen LogP contribution in [0.1, 0.15) is 20.3 Å². The smallest absolute Gasteiger partial charge is 0.174 e. The molecule has 1 aliphatic heterocycles. The van der Waals surface area contributed by atoms with Gasteiger partial charge >= 0.3 is 0 Å². The topological polar surface area (TPSA) is 114 Å². The normalized spacial score (nSPS) is 41.5. The lowest BCUT2D eigenvalue weighted by Gasteiger charge is -2.47. The molecule has 0 aliphatic carbocycles. The minimum absolute atomic E-state index is 0.118. The summed E-state index contributed by atoms with van der Waals surface area (Å²) in [4.78, 5) is 5.10. The number of aliphatic hydroxyl groups excluding tert-OH is 4. The van der Waals surface area contributed by atoms with Gasteiger partial charge in [-0.25, -0.2) is 0 Å². The number of hydrogen-bond acceptors (Lipinski definition) is 7. The fraction of sp³-hybridized carbons (Fsp3) is 1.00. The minimum Gasteiger partial charge on any atom is -0.395 e. The molecule has 102 valence electrons. The summed E-state index contributed by atoms with van der Waals surface area (Å²) >= 11 is 0. The molecule has 1 aliphatic rings. The molecule has 0 amide bonds. The second-order valence-electron chi connectivity index (χ2n) is 4.59. The van der Waals surface area contributed by atoms with E-state index in [0.29, 0.717) is 6.42 Å². The summed E-state index contributed by atoms with van der Waals surface area (Å²) in [6, 6.07) is -0.883. The van der Waals surface area contributed by atoms with Crippen molar-refractivity contribution in [2.75, 3.05) is 13.2 Å². The molecule has 0 radical (unpaired) electrons. The first kappa shape index (κ1) is 14.8. The second-order valence-corrected chi connectivity index (χ2v) is 4.59. The Morgan fingerprint density at radius 3 is 2.53 bits per heavy atom. The molecule has 0 aromatic heterocycles.